The summed E-state index contributed by atoms with van der Waals surface area (Å²) in [6, 6.07) is 3.17. The van der Waals surface area contributed by atoms with Crippen molar-refractivity contribution < 1.29 is 14.3 Å². The van der Waals surface area contributed by atoms with Gasteiger partial charge in [-0.25, -0.2) is 4.98 Å². The van der Waals surface area contributed by atoms with Gasteiger partial charge < -0.3 is 15.0 Å². The lowest BCUT2D eigenvalue weighted by Gasteiger charge is -2.26. The second kappa shape index (κ2) is 6.34. The van der Waals surface area contributed by atoms with Crippen LogP contribution in [0.3, 0.4) is 0 Å². The Morgan fingerprint density at radius 3 is 2.86 bits per heavy atom. The Bertz CT molecular complexity index is 566. The molecule has 2 rings (SSSR count). The molecule has 1 fully saturated rings. The molecule has 1 aromatic heterocycles. The number of nitrogens with one attached hydrogen (secondary N) is 1. The maximum Gasteiger partial charge on any atom is 0.257 e. The highest BCUT2D eigenvalue weighted by Crippen LogP contribution is 2.21. The molecule has 2 amide bonds. The number of carbonyl (C=O) groups excluding carboxylic acids is 2. The molecule has 2 heterocycles. The first-order chi connectivity index (χ1) is 10.3. The predicted molar refractivity (Wildman–Crippen MR) is 82.7 cm³/mol. The van der Waals surface area contributed by atoms with Gasteiger partial charge in [-0.1, -0.05) is 20.8 Å². The number of rotatable bonds is 4. The van der Waals surface area contributed by atoms with Crippen LogP contribution in [0.15, 0.2) is 18.3 Å². The third-order valence-electron chi connectivity index (χ3n) is 3.42. The van der Waals surface area contributed by atoms with Crippen molar-refractivity contribution in [1.29, 1.82) is 0 Å². The summed E-state index contributed by atoms with van der Waals surface area (Å²) in [5.74, 6) is 0.106. The van der Waals surface area contributed by atoms with Crippen LogP contribution in [0.4, 0.5) is 0 Å². The Morgan fingerprint density at radius 1 is 1.50 bits per heavy atom. The third kappa shape index (κ3) is 3.96. The van der Waals surface area contributed by atoms with Crippen LogP contribution in [-0.2, 0) is 4.79 Å². The molecule has 1 saturated heterocycles. The van der Waals surface area contributed by atoms with E-state index < -0.39 is 0 Å². The Kier molecular flexibility index (Phi) is 4.68. The molecular formula is C16H23N3O3. The van der Waals surface area contributed by atoms with Crippen molar-refractivity contribution in [1.82, 2.24) is 15.2 Å². The van der Waals surface area contributed by atoms with Gasteiger partial charge in [0.05, 0.1) is 13.2 Å². The van der Waals surface area contributed by atoms with E-state index in [2.05, 4.69) is 31.1 Å². The number of pyridine rings is 1. The van der Waals surface area contributed by atoms with Gasteiger partial charge in [0.1, 0.15) is 5.56 Å². The summed E-state index contributed by atoms with van der Waals surface area (Å²) >= 11 is 0. The minimum absolute atomic E-state index is 0.0428. The molecule has 120 valence electrons. The topological polar surface area (TPSA) is 71.5 Å². The van der Waals surface area contributed by atoms with Crippen molar-refractivity contribution in [3.63, 3.8) is 0 Å². The number of ether oxygens (including phenoxy) is 1. The van der Waals surface area contributed by atoms with Crippen LogP contribution in [0, 0.1) is 5.41 Å². The molecule has 1 N–H and O–H groups in total. The normalized spacial score (nSPS) is 18.5. The Labute approximate surface area is 130 Å². The first-order valence-electron chi connectivity index (χ1n) is 7.38. The molecule has 6 heteroatoms. The molecule has 22 heavy (non-hydrogen) atoms. The van der Waals surface area contributed by atoms with Crippen molar-refractivity contribution in [3.8, 4) is 5.88 Å². The summed E-state index contributed by atoms with van der Waals surface area (Å²) in [6.45, 7) is 7.50. The molecule has 1 aromatic rings. The number of nitrogens with zero attached hydrogens (tertiary/aromatic N) is 2. The molecule has 0 spiro atoms. The van der Waals surface area contributed by atoms with Crippen LogP contribution in [0.2, 0.25) is 0 Å². The number of likely N-dealkylation sites (tertiary alicyclic amines) is 1. The van der Waals surface area contributed by atoms with Gasteiger partial charge in [0.25, 0.3) is 5.91 Å². The van der Waals surface area contributed by atoms with Gasteiger partial charge in [-0.05, 0) is 17.5 Å². The number of methoxy groups -OCH3 is 1. The Hall–Kier alpha value is -2.11. The van der Waals surface area contributed by atoms with E-state index in [1.807, 2.05) is 4.90 Å². The highest BCUT2D eigenvalue weighted by atomic mass is 16.5. The number of carbonyl (C=O) groups is 2. The molecular weight excluding hydrogens is 282 g/mol. The quantitative estimate of drug-likeness (QED) is 0.914. The fourth-order valence-corrected chi connectivity index (χ4v) is 2.58. The standard InChI is InChI=1S/C16H23N3O3/c1-16(2,3)10-19-9-11(8-13(19)20)18-14(21)12-6-5-7-17-15(12)22-4/h5-7,11H,8-10H2,1-4H3,(H,18,21). The molecule has 0 bridgehead atoms. The minimum atomic E-state index is -0.264. The molecule has 0 aliphatic carbocycles. The molecule has 1 atom stereocenters. The second-order valence-corrected chi connectivity index (χ2v) is 6.77. The van der Waals surface area contributed by atoms with Crippen LogP contribution in [0.5, 0.6) is 5.88 Å². The zero-order valence-corrected chi connectivity index (χ0v) is 13.5. The highest BCUT2D eigenvalue weighted by Gasteiger charge is 2.33. The molecule has 1 unspecified atom stereocenters. The van der Waals surface area contributed by atoms with Crippen LogP contribution in [0.1, 0.15) is 37.6 Å². The van der Waals surface area contributed by atoms with E-state index in [9.17, 15) is 9.59 Å². The largest absolute Gasteiger partial charge is 0.480 e. The second-order valence-electron chi connectivity index (χ2n) is 6.77. The first-order valence-corrected chi connectivity index (χ1v) is 7.38. The van der Waals surface area contributed by atoms with Gasteiger partial charge in [-0.15, -0.1) is 0 Å². The average molecular weight is 305 g/mol. The lowest BCUT2D eigenvalue weighted by molar-refractivity contribution is -0.128. The SMILES string of the molecule is COc1ncccc1C(=O)NC1CC(=O)N(CC(C)(C)C)C1. The summed E-state index contributed by atoms with van der Waals surface area (Å²) in [5, 5.41) is 2.89. The smallest absolute Gasteiger partial charge is 0.257 e. The van der Waals surface area contributed by atoms with Crippen LogP contribution in [-0.4, -0.2) is 47.9 Å². The van der Waals surface area contributed by atoms with Gasteiger partial charge in [-0.2, -0.15) is 0 Å². The molecule has 0 aromatic carbocycles. The van der Waals surface area contributed by atoms with E-state index in [4.69, 9.17) is 4.74 Å². The summed E-state index contributed by atoms with van der Waals surface area (Å²) in [4.78, 5) is 30.2. The van der Waals surface area contributed by atoms with Crippen molar-refractivity contribution in [2.24, 2.45) is 5.41 Å². The van der Waals surface area contributed by atoms with E-state index in [-0.39, 0.29) is 29.2 Å². The van der Waals surface area contributed by atoms with E-state index >= 15 is 0 Å². The van der Waals surface area contributed by atoms with Gasteiger partial charge in [0.15, 0.2) is 0 Å². The first kappa shape index (κ1) is 16.3. The average Bonchev–Trinajstić information content (AvgIpc) is 2.76. The molecule has 0 saturated carbocycles. The number of aromatic nitrogens is 1. The fourth-order valence-electron chi connectivity index (χ4n) is 2.58. The Balaban J connectivity index is 2.00. The van der Waals surface area contributed by atoms with E-state index in [0.29, 0.717) is 25.1 Å². The molecule has 6 nitrogen and oxygen atoms in total. The van der Waals surface area contributed by atoms with Crippen molar-refractivity contribution in [2.75, 3.05) is 20.2 Å². The van der Waals surface area contributed by atoms with Crippen molar-refractivity contribution >= 4 is 11.8 Å². The van der Waals surface area contributed by atoms with E-state index in [1.165, 1.54) is 7.11 Å². The van der Waals surface area contributed by atoms with Crippen LogP contribution < -0.4 is 10.1 Å². The fraction of sp³-hybridized carbons (Fsp3) is 0.562. The predicted octanol–water partition coefficient (Wildman–Crippen LogP) is 1.47. The summed E-state index contributed by atoms with van der Waals surface area (Å²) in [6.07, 6.45) is 1.91. The highest BCUT2D eigenvalue weighted by molar-refractivity contribution is 5.97. The number of hydrogen-bond acceptors (Lipinski definition) is 4. The van der Waals surface area contributed by atoms with Crippen molar-refractivity contribution in [3.05, 3.63) is 23.9 Å². The van der Waals surface area contributed by atoms with Crippen LogP contribution in [0.25, 0.3) is 0 Å². The van der Waals surface area contributed by atoms with Crippen molar-refractivity contribution in [2.45, 2.75) is 33.2 Å². The van der Waals surface area contributed by atoms with Gasteiger partial charge in [0, 0.05) is 25.7 Å². The van der Waals surface area contributed by atoms with Gasteiger partial charge in [-0.3, -0.25) is 9.59 Å². The molecule has 1 aliphatic rings. The third-order valence-corrected chi connectivity index (χ3v) is 3.42. The summed E-state index contributed by atoms with van der Waals surface area (Å²) < 4.78 is 5.09. The van der Waals surface area contributed by atoms with Crippen LogP contribution >= 0.6 is 0 Å². The molecule has 0 radical (unpaired) electrons. The lowest BCUT2D eigenvalue weighted by atomic mass is 9.96. The minimum Gasteiger partial charge on any atom is -0.480 e. The lowest BCUT2D eigenvalue weighted by Crippen LogP contribution is -2.39. The number of hydrogen-bond donors (Lipinski definition) is 1. The maximum atomic E-state index is 12.3. The zero-order chi connectivity index (χ0) is 16.3. The zero-order valence-electron chi connectivity index (χ0n) is 13.5. The van der Waals surface area contributed by atoms with E-state index in [1.54, 1.807) is 18.3 Å². The number of amides is 2. The summed E-state index contributed by atoms with van der Waals surface area (Å²) in [7, 11) is 1.48. The van der Waals surface area contributed by atoms with Gasteiger partial charge in [0.2, 0.25) is 11.8 Å². The Morgan fingerprint density at radius 2 is 2.23 bits per heavy atom. The monoisotopic (exact) mass is 305 g/mol. The summed E-state index contributed by atoms with van der Waals surface area (Å²) in [5.41, 5.74) is 0.424. The van der Waals surface area contributed by atoms with E-state index in [0.717, 1.165) is 0 Å². The maximum absolute atomic E-state index is 12.3. The molecule has 1 aliphatic heterocycles. The van der Waals surface area contributed by atoms with Gasteiger partial charge >= 0.3 is 0 Å².